The van der Waals surface area contributed by atoms with Gasteiger partial charge in [-0.2, -0.15) is 0 Å². The Kier molecular flexibility index (Phi) is 4.43. The minimum Gasteiger partial charge on any atom is -0.365 e. The van der Waals surface area contributed by atoms with E-state index in [-0.39, 0.29) is 5.91 Å². The van der Waals surface area contributed by atoms with E-state index in [9.17, 15) is 9.59 Å². The van der Waals surface area contributed by atoms with Crippen LogP contribution >= 0.6 is 11.3 Å². The number of fused-ring (bicyclic) bond motifs is 1. The van der Waals surface area contributed by atoms with Gasteiger partial charge in [-0.1, -0.05) is 6.07 Å². The van der Waals surface area contributed by atoms with E-state index < -0.39 is 5.91 Å². The molecule has 1 unspecified atom stereocenters. The van der Waals surface area contributed by atoms with Crippen LogP contribution in [0.2, 0.25) is 0 Å². The number of nitrogens with two attached hydrogens (primary N) is 1. The number of anilines is 1. The first-order chi connectivity index (χ1) is 11.4. The molecule has 6 heteroatoms. The lowest BCUT2D eigenvalue weighted by atomic mass is 10.0. The van der Waals surface area contributed by atoms with Crippen LogP contribution in [0.3, 0.4) is 0 Å². The summed E-state index contributed by atoms with van der Waals surface area (Å²) in [6, 6.07) is 5.59. The van der Waals surface area contributed by atoms with Crippen LogP contribution in [0.15, 0.2) is 18.2 Å². The van der Waals surface area contributed by atoms with Crippen molar-refractivity contribution in [1.29, 1.82) is 0 Å². The Labute approximate surface area is 145 Å². The summed E-state index contributed by atoms with van der Waals surface area (Å²) < 4.78 is 0. The number of nitrogens with one attached hydrogen (secondary N) is 2. The van der Waals surface area contributed by atoms with Gasteiger partial charge in [-0.25, -0.2) is 0 Å². The van der Waals surface area contributed by atoms with Gasteiger partial charge >= 0.3 is 0 Å². The number of quaternary nitrogens is 1. The maximum absolute atomic E-state index is 12.6. The summed E-state index contributed by atoms with van der Waals surface area (Å²) in [4.78, 5) is 27.0. The van der Waals surface area contributed by atoms with Crippen LogP contribution in [0.4, 0.5) is 5.00 Å². The molecule has 2 aromatic rings. The summed E-state index contributed by atoms with van der Waals surface area (Å²) in [5.74, 6) is -0.678. The molecule has 0 spiro atoms. The minimum absolute atomic E-state index is 0.208. The van der Waals surface area contributed by atoms with E-state index >= 15 is 0 Å². The van der Waals surface area contributed by atoms with Gasteiger partial charge in [0.05, 0.1) is 24.0 Å². The number of amides is 2. The predicted molar refractivity (Wildman–Crippen MR) is 95.9 cm³/mol. The molecular formula is C18H22N3O2S+. The fourth-order valence-electron chi connectivity index (χ4n) is 3.03. The summed E-state index contributed by atoms with van der Waals surface area (Å²) in [5, 5.41) is 3.47. The lowest BCUT2D eigenvalue weighted by Crippen LogP contribution is -3.08. The standard InChI is InChI=1S/C18H21N3O2S/c1-10-4-5-12(8-11(10)2)17(23)20-18-15(16(19)22)13-6-7-21(3)9-14(13)24-18/h4-5,8H,6-7,9H2,1-3H3,(H2,19,22)(H,20,23)/p+1. The molecule has 1 atom stereocenters. The first-order valence-electron chi connectivity index (χ1n) is 8.01. The van der Waals surface area contributed by atoms with Crippen molar-refractivity contribution in [3.05, 3.63) is 50.9 Å². The molecule has 0 fully saturated rings. The third-order valence-electron chi connectivity index (χ3n) is 4.60. The molecule has 2 heterocycles. The smallest absolute Gasteiger partial charge is 0.256 e. The molecule has 1 aromatic carbocycles. The highest BCUT2D eigenvalue weighted by molar-refractivity contribution is 7.17. The molecule has 24 heavy (non-hydrogen) atoms. The van der Waals surface area contributed by atoms with Gasteiger partial charge in [-0.3, -0.25) is 9.59 Å². The average molecular weight is 344 g/mol. The van der Waals surface area contributed by atoms with E-state index in [2.05, 4.69) is 12.4 Å². The van der Waals surface area contributed by atoms with Gasteiger partial charge in [0.1, 0.15) is 11.5 Å². The largest absolute Gasteiger partial charge is 0.365 e. The molecule has 1 aliphatic rings. The van der Waals surface area contributed by atoms with Crippen LogP contribution in [0, 0.1) is 13.8 Å². The first-order valence-corrected chi connectivity index (χ1v) is 8.82. The van der Waals surface area contributed by atoms with Crippen molar-refractivity contribution < 1.29 is 14.5 Å². The van der Waals surface area contributed by atoms with Gasteiger partial charge in [0.25, 0.3) is 11.8 Å². The van der Waals surface area contributed by atoms with Crippen LogP contribution in [0.25, 0.3) is 0 Å². The Balaban J connectivity index is 1.93. The zero-order valence-electron chi connectivity index (χ0n) is 14.2. The zero-order chi connectivity index (χ0) is 17.4. The molecule has 1 aliphatic heterocycles. The number of likely N-dealkylation sites (N-methyl/N-ethyl adjacent to an activating group) is 1. The molecule has 0 saturated carbocycles. The second kappa shape index (κ2) is 6.37. The number of carbonyl (C=O) groups is 2. The van der Waals surface area contributed by atoms with Crippen LogP contribution < -0.4 is 16.0 Å². The molecule has 1 aromatic heterocycles. The van der Waals surface area contributed by atoms with Crippen molar-refractivity contribution in [2.24, 2.45) is 5.73 Å². The zero-order valence-corrected chi connectivity index (χ0v) is 15.0. The highest BCUT2D eigenvalue weighted by atomic mass is 32.1. The van der Waals surface area contributed by atoms with Crippen LogP contribution in [0.1, 0.15) is 42.3 Å². The SMILES string of the molecule is Cc1ccc(C(=O)Nc2sc3c(c2C(N)=O)CC[NH+](C)C3)cc1C. The Bertz CT molecular complexity index is 826. The molecular weight excluding hydrogens is 322 g/mol. The highest BCUT2D eigenvalue weighted by Gasteiger charge is 2.28. The summed E-state index contributed by atoms with van der Waals surface area (Å²) in [6.45, 7) is 5.81. The van der Waals surface area contributed by atoms with Gasteiger partial charge in [-0.05, 0) is 42.7 Å². The number of rotatable bonds is 3. The Hall–Kier alpha value is -2.18. The van der Waals surface area contributed by atoms with Crippen molar-refractivity contribution in [2.45, 2.75) is 26.8 Å². The third-order valence-corrected chi connectivity index (χ3v) is 5.74. The molecule has 126 valence electrons. The molecule has 5 nitrogen and oxygen atoms in total. The lowest BCUT2D eigenvalue weighted by Gasteiger charge is -2.19. The number of thiophene rings is 1. The van der Waals surface area contributed by atoms with Crippen molar-refractivity contribution >= 4 is 28.2 Å². The van der Waals surface area contributed by atoms with E-state index in [1.54, 1.807) is 6.07 Å². The van der Waals surface area contributed by atoms with Crippen molar-refractivity contribution in [1.82, 2.24) is 0 Å². The van der Waals surface area contributed by atoms with Gasteiger partial charge in [0, 0.05) is 12.0 Å². The van der Waals surface area contributed by atoms with E-state index in [1.165, 1.54) is 16.2 Å². The quantitative estimate of drug-likeness (QED) is 0.785. The van der Waals surface area contributed by atoms with Gasteiger partial charge in [-0.15, -0.1) is 11.3 Å². The summed E-state index contributed by atoms with van der Waals surface area (Å²) >= 11 is 1.47. The second-order valence-corrected chi connectivity index (χ2v) is 7.56. The molecule has 0 radical (unpaired) electrons. The van der Waals surface area contributed by atoms with Crippen LogP contribution in [-0.2, 0) is 13.0 Å². The predicted octanol–water partition coefficient (Wildman–Crippen LogP) is 1.29. The fourth-order valence-corrected chi connectivity index (χ4v) is 4.39. The molecule has 0 saturated heterocycles. The highest BCUT2D eigenvalue weighted by Crippen LogP contribution is 2.34. The Morgan fingerprint density at radius 1 is 1.25 bits per heavy atom. The first kappa shape index (κ1) is 16.7. The summed E-state index contributed by atoms with van der Waals surface area (Å²) in [6.07, 6.45) is 0.815. The van der Waals surface area contributed by atoms with Gasteiger partial charge < -0.3 is 16.0 Å². The van der Waals surface area contributed by atoms with E-state index in [0.717, 1.165) is 41.1 Å². The number of primary amides is 1. The second-order valence-electron chi connectivity index (χ2n) is 6.46. The number of benzene rings is 1. The number of hydrogen-bond donors (Lipinski definition) is 3. The third kappa shape index (κ3) is 3.07. The van der Waals surface area contributed by atoms with E-state index in [0.29, 0.717) is 16.1 Å². The number of carbonyl (C=O) groups excluding carboxylic acids is 2. The number of aryl methyl sites for hydroxylation is 2. The fraction of sp³-hybridized carbons (Fsp3) is 0.333. The molecule has 2 amide bonds. The topological polar surface area (TPSA) is 76.6 Å². The van der Waals surface area contributed by atoms with Crippen molar-refractivity contribution in [2.75, 3.05) is 18.9 Å². The molecule has 3 rings (SSSR count). The van der Waals surface area contributed by atoms with Crippen molar-refractivity contribution in [3.8, 4) is 0 Å². The summed E-state index contributed by atoms with van der Waals surface area (Å²) in [7, 11) is 2.12. The van der Waals surface area contributed by atoms with E-state index in [4.69, 9.17) is 5.73 Å². The monoisotopic (exact) mass is 344 g/mol. The minimum atomic E-state index is -0.470. The number of hydrogen-bond acceptors (Lipinski definition) is 3. The Morgan fingerprint density at radius 2 is 2.00 bits per heavy atom. The van der Waals surface area contributed by atoms with Crippen LogP contribution in [0.5, 0.6) is 0 Å². The van der Waals surface area contributed by atoms with Crippen LogP contribution in [-0.4, -0.2) is 25.4 Å². The van der Waals surface area contributed by atoms with Gasteiger partial charge in [0.2, 0.25) is 0 Å². The maximum atomic E-state index is 12.6. The molecule has 0 aliphatic carbocycles. The molecule has 0 bridgehead atoms. The van der Waals surface area contributed by atoms with E-state index in [1.807, 2.05) is 26.0 Å². The maximum Gasteiger partial charge on any atom is 0.256 e. The summed E-state index contributed by atoms with van der Waals surface area (Å²) in [5.41, 5.74) is 9.87. The lowest BCUT2D eigenvalue weighted by molar-refractivity contribution is -0.895. The molecule has 4 N–H and O–H groups in total. The Morgan fingerprint density at radius 3 is 2.67 bits per heavy atom. The average Bonchev–Trinajstić information content (AvgIpc) is 2.86. The van der Waals surface area contributed by atoms with Gasteiger partial charge in [0.15, 0.2) is 0 Å². The van der Waals surface area contributed by atoms with Crippen molar-refractivity contribution in [3.63, 3.8) is 0 Å². The normalized spacial score (nSPS) is 16.5.